The molecule has 0 bridgehead atoms. The first-order chi connectivity index (χ1) is 9.15. The number of imidazole rings is 1. The van der Waals surface area contributed by atoms with Crippen LogP contribution in [0.1, 0.15) is 23.2 Å². The van der Waals surface area contributed by atoms with Gasteiger partial charge in [-0.05, 0) is 31.0 Å². The van der Waals surface area contributed by atoms with Gasteiger partial charge in [0.1, 0.15) is 0 Å². The molecular weight excluding hydrogens is 240 g/mol. The lowest BCUT2D eigenvalue weighted by molar-refractivity contribution is 0.0709. The van der Waals surface area contributed by atoms with Crippen LogP contribution < -0.4 is 5.73 Å². The largest absolute Gasteiger partial charge is 0.337 e. The topological polar surface area (TPSA) is 64.2 Å². The summed E-state index contributed by atoms with van der Waals surface area (Å²) in [6.45, 7) is 1.45. The minimum atomic E-state index is 0.0581. The number of nitrogens with zero attached hydrogens (tertiary/aromatic N) is 3. The second-order valence-corrected chi connectivity index (χ2v) is 5.21. The zero-order valence-corrected chi connectivity index (χ0v) is 11.0. The number of carbonyl (C=O) groups is 1. The summed E-state index contributed by atoms with van der Waals surface area (Å²) in [7, 11) is 1.94. The van der Waals surface area contributed by atoms with Crippen LogP contribution in [0.3, 0.4) is 0 Å². The Morgan fingerprint density at radius 3 is 3.11 bits per heavy atom. The van der Waals surface area contributed by atoms with Crippen molar-refractivity contribution in [1.29, 1.82) is 0 Å². The fourth-order valence-corrected chi connectivity index (χ4v) is 2.65. The lowest BCUT2D eigenvalue weighted by Crippen LogP contribution is -2.45. The second-order valence-electron chi connectivity index (χ2n) is 5.21. The van der Waals surface area contributed by atoms with Gasteiger partial charge in [0.15, 0.2) is 0 Å². The van der Waals surface area contributed by atoms with E-state index in [4.69, 9.17) is 5.73 Å². The molecule has 1 aromatic heterocycles. The molecule has 1 aromatic carbocycles. The first-order valence-corrected chi connectivity index (χ1v) is 6.61. The summed E-state index contributed by atoms with van der Waals surface area (Å²) in [5, 5.41) is 0. The number of fused-ring (bicyclic) bond motifs is 1. The van der Waals surface area contributed by atoms with Crippen molar-refractivity contribution < 1.29 is 4.79 Å². The van der Waals surface area contributed by atoms with Crippen molar-refractivity contribution in [2.24, 2.45) is 12.8 Å². The van der Waals surface area contributed by atoms with E-state index in [2.05, 4.69) is 4.98 Å². The lowest BCUT2D eigenvalue weighted by Gasteiger charge is -2.30. The Morgan fingerprint density at radius 1 is 1.47 bits per heavy atom. The molecule has 2 aromatic rings. The van der Waals surface area contributed by atoms with E-state index in [-0.39, 0.29) is 11.9 Å². The molecule has 19 heavy (non-hydrogen) atoms. The molecule has 0 saturated carbocycles. The van der Waals surface area contributed by atoms with Gasteiger partial charge >= 0.3 is 0 Å². The summed E-state index contributed by atoms with van der Waals surface area (Å²) in [5.41, 5.74) is 8.51. The minimum absolute atomic E-state index is 0.0581. The maximum atomic E-state index is 12.4. The number of hydrogen-bond donors (Lipinski definition) is 1. The van der Waals surface area contributed by atoms with Crippen molar-refractivity contribution in [3.05, 3.63) is 30.1 Å². The molecule has 0 radical (unpaired) electrons. The molecule has 0 aliphatic carbocycles. The minimum Gasteiger partial charge on any atom is -0.337 e. The van der Waals surface area contributed by atoms with Crippen LogP contribution in [0.2, 0.25) is 0 Å². The molecule has 3 rings (SSSR count). The van der Waals surface area contributed by atoms with E-state index in [1.54, 1.807) is 6.33 Å². The average Bonchev–Trinajstić information content (AvgIpc) is 2.79. The molecule has 2 heterocycles. The molecule has 0 spiro atoms. The molecule has 1 fully saturated rings. The first-order valence-electron chi connectivity index (χ1n) is 6.61. The highest BCUT2D eigenvalue weighted by atomic mass is 16.2. The lowest BCUT2D eigenvalue weighted by atomic mass is 10.1. The van der Waals surface area contributed by atoms with Crippen LogP contribution in [0.5, 0.6) is 0 Å². The normalized spacial score (nSPS) is 19.9. The molecule has 1 aliphatic rings. The standard InChI is InChI=1S/C14H18N4O/c1-17-9-16-12-7-10(4-5-13(12)17)14(19)18-6-2-3-11(15)8-18/h4-5,7,9,11H,2-3,6,8,15H2,1H3. The van der Waals surface area contributed by atoms with E-state index >= 15 is 0 Å². The molecule has 100 valence electrons. The maximum Gasteiger partial charge on any atom is 0.253 e. The smallest absolute Gasteiger partial charge is 0.253 e. The van der Waals surface area contributed by atoms with Crippen molar-refractivity contribution in [3.63, 3.8) is 0 Å². The number of amides is 1. The zero-order valence-electron chi connectivity index (χ0n) is 11.0. The van der Waals surface area contributed by atoms with Gasteiger partial charge in [-0.25, -0.2) is 4.98 Å². The van der Waals surface area contributed by atoms with Gasteiger partial charge in [0.2, 0.25) is 0 Å². The fraction of sp³-hybridized carbons (Fsp3) is 0.429. The van der Waals surface area contributed by atoms with Crippen LogP contribution in [-0.2, 0) is 7.05 Å². The maximum absolute atomic E-state index is 12.4. The summed E-state index contributed by atoms with van der Waals surface area (Å²) in [6, 6.07) is 5.78. The second kappa shape index (κ2) is 4.66. The summed E-state index contributed by atoms with van der Waals surface area (Å²) >= 11 is 0. The molecule has 1 amide bonds. The molecule has 1 unspecified atom stereocenters. The van der Waals surface area contributed by atoms with Crippen LogP contribution in [0.4, 0.5) is 0 Å². The highest BCUT2D eigenvalue weighted by molar-refractivity contribution is 5.97. The molecule has 5 nitrogen and oxygen atoms in total. The van der Waals surface area contributed by atoms with Crippen LogP contribution >= 0.6 is 0 Å². The molecule has 5 heteroatoms. The van der Waals surface area contributed by atoms with E-state index < -0.39 is 0 Å². The van der Waals surface area contributed by atoms with Crippen molar-refractivity contribution in [1.82, 2.24) is 14.5 Å². The fourth-order valence-electron chi connectivity index (χ4n) is 2.65. The molecule has 2 N–H and O–H groups in total. The Kier molecular flexibility index (Phi) is 2.98. The van der Waals surface area contributed by atoms with Gasteiger partial charge in [-0.2, -0.15) is 0 Å². The van der Waals surface area contributed by atoms with Crippen molar-refractivity contribution >= 4 is 16.9 Å². The van der Waals surface area contributed by atoms with Gasteiger partial charge in [-0.15, -0.1) is 0 Å². The van der Waals surface area contributed by atoms with E-state index in [1.165, 1.54) is 0 Å². The molecule has 1 saturated heterocycles. The van der Waals surface area contributed by atoms with Gasteiger partial charge in [0.05, 0.1) is 17.4 Å². The monoisotopic (exact) mass is 258 g/mol. The quantitative estimate of drug-likeness (QED) is 0.834. The average molecular weight is 258 g/mol. The van der Waals surface area contributed by atoms with Crippen LogP contribution in [0.25, 0.3) is 11.0 Å². The van der Waals surface area contributed by atoms with Crippen molar-refractivity contribution in [2.75, 3.05) is 13.1 Å². The molecule has 1 aliphatic heterocycles. The number of aryl methyl sites for hydroxylation is 1. The summed E-state index contributed by atoms with van der Waals surface area (Å²) in [5.74, 6) is 0.0581. The van der Waals surface area contributed by atoms with E-state index in [1.807, 2.05) is 34.7 Å². The van der Waals surface area contributed by atoms with E-state index in [0.717, 1.165) is 30.4 Å². The predicted octanol–water partition coefficient (Wildman–Crippen LogP) is 1.14. The SMILES string of the molecule is Cn1cnc2cc(C(=O)N3CCCC(N)C3)ccc21. The number of carbonyl (C=O) groups excluding carboxylic acids is 1. The Balaban J connectivity index is 1.88. The summed E-state index contributed by atoms with van der Waals surface area (Å²) in [4.78, 5) is 18.6. The highest BCUT2D eigenvalue weighted by Gasteiger charge is 2.22. The van der Waals surface area contributed by atoms with E-state index in [9.17, 15) is 4.79 Å². The number of hydrogen-bond acceptors (Lipinski definition) is 3. The first kappa shape index (κ1) is 12.2. The van der Waals surface area contributed by atoms with Gasteiger partial charge in [-0.1, -0.05) is 0 Å². The van der Waals surface area contributed by atoms with Gasteiger partial charge in [-0.3, -0.25) is 4.79 Å². The predicted molar refractivity (Wildman–Crippen MR) is 73.8 cm³/mol. The number of piperidine rings is 1. The van der Waals surface area contributed by atoms with E-state index in [0.29, 0.717) is 12.1 Å². The van der Waals surface area contributed by atoms with Crippen LogP contribution in [0.15, 0.2) is 24.5 Å². The summed E-state index contributed by atoms with van der Waals surface area (Å²) < 4.78 is 1.94. The van der Waals surface area contributed by atoms with Crippen LogP contribution in [-0.4, -0.2) is 39.5 Å². The molecular formula is C14H18N4O. The molecule has 1 atom stereocenters. The Labute approximate surface area is 112 Å². The number of rotatable bonds is 1. The van der Waals surface area contributed by atoms with Crippen molar-refractivity contribution in [3.8, 4) is 0 Å². The number of likely N-dealkylation sites (tertiary alicyclic amines) is 1. The van der Waals surface area contributed by atoms with Gasteiger partial charge < -0.3 is 15.2 Å². The Bertz CT molecular complexity index is 619. The third kappa shape index (κ3) is 2.21. The van der Waals surface area contributed by atoms with Gasteiger partial charge in [0.25, 0.3) is 5.91 Å². The number of nitrogens with two attached hydrogens (primary N) is 1. The highest BCUT2D eigenvalue weighted by Crippen LogP contribution is 2.17. The Morgan fingerprint density at radius 2 is 2.32 bits per heavy atom. The zero-order chi connectivity index (χ0) is 13.4. The van der Waals surface area contributed by atoms with Crippen LogP contribution in [0, 0.1) is 0 Å². The Hall–Kier alpha value is -1.88. The number of benzene rings is 1. The summed E-state index contributed by atoms with van der Waals surface area (Å²) in [6.07, 6.45) is 3.75. The number of aromatic nitrogens is 2. The third-order valence-electron chi connectivity index (χ3n) is 3.72. The van der Waals surface area contributed by atoms with Gasteiger partial charge in [0, 0.05) is 31.7 Å². The third-order valence-corrected chi connectivity index (χ3v) is 3.72. The van der Waals surface area contributed by atoms with Crippen molar-refractivity contribution in [2.45, 2.75) is 18.9 Å².